The average molecular weight is 314 g/mol. The molecule has 3 rings (SSSR count). The summed E-state index contributed by atoms with van der Waals surface area (Å²) in [6.45, 7) is 1.75. The van der Waals surface area contributed by atoms with Gasteiger partial charge in [-0.1, -0.05) is 18.2 Å². The van der Waals surface area contributed by atoms with E-state index in [1.807, 2.05) is 28.8 Å². The molecule has 0 atom stereocenters. The van der Waals surface area contributed by atoms with Crippen molar-refractivity contribution in [1.29, 1.82) is 0 Å². The quantitative estimate of drug-likeness (QED) is 0.671. The molecule has 0 aliphatic rings. The highest BCUT2D eigenvalue weighted by molar-refractivity contribution is 6.04. The number of nitrogens with one attached hydrogen (secondary N) is 2. The third-order valence-corrected chi connectivity index (χ3v) is 3.55. The maximum Gasteiger partial charge on any atom is 0.272 e. The number of methoxy groups -OCH3 is 1. The number of para-hydroxylation sites is 1. The van der Waals surface area contributed by atoms with Crippen molar-refractivity contribution in [1.82, 2.24) is 30.3 Å². The van der Waals surface area contributed by atoms with Gasteiger partial charge in [0.2, 0.25) is 0 Å². The molecule has 0 bridgehead atoms. The van der Waals surface area contributed by atoms with Crippen molar-refractivity contribution in [2.75, 3.05) is 20.3 Å². The molecule has 3 aromatic rings. The Balaban J connectivity index is 1.58. The number of ether oxygens (including phenoxy) is 1. The summed E-state index contributed by atoms with van der Waals surface area (Å²) in [6.07, 6.45) is 2.26. The van der Waals surface area contributed by atoms with Crippen molar-refractivity contribution >= 4 is 16.8 Å². The molecule has 0 aliphatic heterocycles. The molecule has 120 valence electrons. The number of carbonyl (C=O) groups is 1. The van der Waals surface area contributed by atoms with Gasteiger partial charge in [-0.15, -0.1) is 10.2 Å². The number of fused-ring (bicyclic) bond motifs is 1. The Bertz CT molecular complexity index is 794. The van der Waals surface area contributed by atoms with Crippen LogP contribution in [-0.2, 0) is 17.7 Å². The molecule has 8 heteroatoms. The largest absolute Gasteiger partial charge is 0.383 e. The number of H-pyrrole nitrogens is 1. The van der Waals surface area contributed by atoms with Crippen LogP contribution in [0.5, 0.6) is 0 Å². The van der Waals surface area contributed by atoms with E-state index in [0.29, 0.717) is 31.8 Å². The molecule has 23 heavy (non-hydrogen) atoms. The van der Waals surface area contributed by atoms with Gasteiger partial charge < -0.3 is 14.6 Å². The summed E-state index contributed by atoms with van der Waals surface area (Å²) in [4.78, 5) is 12.2. The second kappa shape index (κ2) is 7.01. The van der Waals surface area contributed by atoms with Crippen LogP contribution in [0, 0.1) is 0 Å². The lowest BCUT2D eigenvalue weighted by Gasteiger charge is -2.06. The standard InChI is InChI=1S/C15H18N6O2/c1-23-9-8-21-10-17-19-13(21)6-7-16-15(22)14-11-4-2-3-5-12(11)18-20-14/h2-5,10H,6-9H2,1H3,(H,16,22)(H,18,20). The van der Waals surface area contributed by atoms with Crippen LogP contribution >= 0.6 is 0 Å². The topological polar surface area (TPSA) is 97.7 Å². The van der Waals surface area contributed by atoms with Crippen LogP contribution in [0.1, 0.15) is 16.3 Å². The van der Waals surface area contributed by atoms with Crippen LogP contribution in [0.4, 0.5) is 0 Å². The summed E-state index contributed by atoms with van der Waals surface area (Å²) in [5.41, 5.74) is 1.25. The highest BCUT2D eigenvalue weighted by Crippen LogP contribution is 2.14. The smallest absolute Gasteiger partial charge is 0.272 e. The zero-order valence-electron chi connectivity index (χ0n) is 12.8. The van der Waals surface area contributed by atoms with E-state index in [-0.39, 0.29) is 5.91 Å². The first-order chi connectivity index (χ1) is 11.3. The van der Waals surface area contributed by atoms with Crippen molar-refractivity contribution in [3.05, 3.63) is 42.1 Å². The highest BCUT2D eigenvalue weighted by Gasteiger charge is 2.13. The van der Waals surface area contributed by atoms with Gasteiger partial charge in [0.05, 0.1) is 12.1 Å². The van der Waals surface area contributed by atoms with Crippen LogP contribution < -0.4 is 5.32 Å². The van der Waals surface area contributed by atoms with Gasteiger partial charge in [0.1, 0.15) is 12.2 Å². The fourth-order valence-corrected chi connectivity index (χ4v) is 2.36. The molecule has 0 spiro atoms. The fraction of sp³-hybridized carbons (Fsp3) is 0.333. The predicted octanol–water partition coefficient (Wildman–Crippen LogP) is 0.773. The van der Waals surface area contributed by atoms with Crippen LogP contribution in [-0.4, -0.2) is 51.1 Å². The second-order valence-corrected chi connectivity index (χ2v) is 5.06. The first kappa shape index (κ1) is 15.2. The minimum Gasteiger partial charge on any atom is -0.383 e. The van der Waals surface area contributed by atoms with E-state index in [9.17, 15) is 4.79 Å². The first-order valence-electron chi connectivity index (χ1n) is 7.36. The molecule has 1 aromatic carbocycles. The number of nitrogens with zero attached hydrogens (tertiary/aromatic N) is 4. The molecular weight excluding hydrogens is 296 g/mol. The van der Waals surface area contributed by atoms with Gasteiger partial charge >= 0.3 is 0 Å². The molecule has 2 N–H and O–H groups in total. The lowest BCUT2D eigenvalue weighted by atomic mass is 10.2. The summed E-state index contributed by atoms with van der Waals surface area (Å²) in [5, 5.41) is 18.6. The van der Waals surface area contributed by atoms with Crippen LogP contribution in [0.3, 0.4) is 0 Å². The number of rotatable bonds is 7. The van der Waals surface area contributed by atoms with E-state index in [1.165, 1.54) is 0 Å². The van der Waals surface area contributed by atoms with Crippen LogP contribution in [0.2, 0.25) is 0 Å². The molecule has 8 nitrogen and oxygen atoms in total. The van der Waals surface area contributed by atoms with Crippen molar-refractivity contribution in [3.63, 3.8) is 0 Å². The first-order valence-corrected chi connectivity index (χ1v) is 7.36. The Morgan fingerprint density at radius 3 is 3.13 bits per heavy atom. The van der Waals surface area contributed by atoms with E-state index in [2.05, 4.69) is 25.7 Å². The summed E-state index contributed by atoms with van der Waals surface area (Å²) < 4.78 is 6.96. The number of aromatic nitrogens is 5. The molecule has 0 saturated heterocycles. The number of benzene rings is 1. The predicted molar refractivity (Wildman–Crippen MR) is 84.0 cm³/mol. The normalized spacial score (nSPS) is 11.0. The average Bonchev–Trinajstić information content (AvgIpc) is 3.19. The summed E-state index contributed by atoms with van der Waals surface area (Å²) >= 11 is 0. The van der Waals surface area contributed by atoms with Crippen molar-refractivity contribution < 1.29 is 9.53 Å². The Morgan fingerprint density at radius 2 is 2.26 bits per heavy atom. The van der Waals surface area contributed by atoms with Gasteiger partial charge in [0.25, 0.3) is 5.91 Å². The molecule has 2 heterocycles. The lowest BCUT2D eigenvalue weighted by Crippen LogP contribution is -2.27. The van der Waals surface area contributed by atoms with E-state index in [0.717, 1.165) is 16.7 Å². The Labute approximate surface area is 132 Å². The zero-order valence-corrected chi connectivity index (χ0v) is 12.8. The third-order valence-electron chi connectivity index (χ3n) is 3.55. The van der Waals surface area contributed by atoms with E-state index in [1.54, 1.807) is 13.4 Å². The number of hydrogen-bond acceptors (Lipinski definition) is 5. The minimum absolute atomic E-state index is 0.203. The van der Waals surface area contributed by atoms with Gasteiger partial charge in [0.15, 0.2) is 5.69 Å². The second-order valence-electron chi connectivity index (χ2n) is 5.06. The summed E-state index contributed by atoms with van der Waals surface area (Å²) in [7, 11) is 1.65. The van der Waals surface area contributed by atoms with Crippen LogP contribution in [0.25, 0.3) is 10.9 Å². The van der Waals surface area contributed by atoms with E-state index in [4.69, 9.17) is 4.74 Å². The van der Waals surface area contributed by atoms with Gasteiger partial charge in [-0.05, 0) is 6.07 Å². The molecule has 0 fully saturated rings. The Kier molecular flexibility index (Phi) is 4.62. The molecule has 2 aromatic heterocycles. The maximum atomic E-state index is 12.2. The molecule has 0 aliphatic carbocycles. The maximum absolute atomic E-state index is 12.2. The zero-order chi connectivity index (χ0) is 16.1. The van der Waals surface area contributed by atoms with Gasteiger partial charge in [-0.2, -0.15) is 5.10 Å². The van der Waals surface area contributed by atoms with Crippen molar-refractivity contribution in [3.8, 4) is 0 Å². The van der Waals surface area contributed by atoms with Crippen molar-refractivity contribution in [2.24, 2.45) is 0 Å². The van der Waals surface area contributed by atoms with Crippen LogP contribution in [0.15, 0.2) is 30.6 Å². The van der Waals surface area contributed by atoms with Gasteiger partial charge in [-0.3, -0.25) is 9.89 Å². The van der Waals surface area contributed by atoms with Gasteiger partial charge in [-0.25, -0.2) is 0 Å². The third kappa shape index (κ3) is 3.37. The fourth-order valence-electron chi connectivity index (χ4n) is 2.36. The monoisotopic (exact) mass is 314 g/mol. The number of hydrogen-bond donors (Lipinski definition) is 2. The minimum atomic E-state index is -0.203. The highest BCUT2D eigenvalue weighted by atomic mass is 16.5. The van der Waals surface area contributed by atoms with E-state index < -0.39 is 0 Å². The SMILES string of the molecule is COCCn1cnnc1CCNC(=O)c1n[nH]c2ccccc12. The Hall–Kier alpha value is -2.74. The summed E-state index contributed by atoms with van der Waals surface area (Å²) in [5.74, 6) is 0.611. The molecular formula is C15H18N6O2. The summed E-state index contributed by atoms with van der Waals surface area (Å²) in [6, 6.07) is 7.54. The number of aromatic amines is 1. The molecule has 1 amide bonds. The lowest BCUT2D eigenvalue weighted by molar-refractivity contribution is 0.0950. The van der Waals surface area contributed by atoms with Crippen molar-refractivity contribution in [2.45, 2.75) is 13.0 Å². The Morgan fingerprint density at radius 1 is 1.39 bits per heavy atom. The number of carbonyl (C=O) groups excluding carboxylic acids is 1. The number of amides is 1. The van der Waals surface area contributed by atoms with E-state index >= 15 is 0 Å². The molecule has 0 saturated carbocycles. The molecule has 0 unspecified atom stereocenters. The molecule has 0 radical (unpaired) electrons. The van der Waals surface area contributed by atoms with Gasteiger partial charge in [0, 0.05) is 32.0 Å².